The van der Waals surface area contributed by atoms with Crippen LogP contribution in [-0.4, -0.2) is 36.7 Å². The Balaban J connectivity index is 1.60. The zero-order valence-electron chi connectivity index (χ0n) is 15.7. The topological polar surface area (TPSA) is 44.3 Å². The quantitative estimate of drug-likeness (QED) is 0.787. The minimum atomic E-state index is -0.0249. The monoisotopic (exact) mass is 350 g/mol. The van der Waals surface area contributed by atoms with Gasteiger partial charge in [-0.1, -0.05) is 19.1 Å². The Hall–Kier alpha value is -2.69. The van der Waals surface area contributed by atoms with Crippen LogP contribution in [0.1, 0.15) is 18.1 Å². The number of rotatable bonds is 4. The number of hydrogen-bond acceptors (Lipinski definition) is 3. The van der Waals surface area contributed by atoms with E-state index in [1.54, 1.807) is 0 Å². The van der Waals surface area contributed by atoms with Crippen molar-refractivity contribution in [3.05, 3.63) is 58.0 Å². The molecule has 0 aliphatic carbocycles. The van der Waals surface area contributed by atoms with Crippen molar-refractivity contribution in [1.29, 1.82) is 0 Å². The van der Waals surface area contributed by atoms with E-state index in [9.17, 15) is 4.79 Å². The number of nitrogens with one attached hydrogen (secondary N) is 1. The number of benzene rings is 2. The fraction of sp³-hybridized carbons (Fsp3) is 0.381. The number of likely N-dealkylation sites (N-methyl/N-ethyl adjacent to an activating group) is 2. The fourth-order valence-electron chi connectivity index (χ4n) is 3.79. The van der Waals surface area contributed by atoms with Crippen LogP contribution < -0.4 is 15.5 Å². The molecule has 26 heavy (non-hydrogen) atoms. The first-order valence-electron chi connectivity index (χ1n) is 9.33. The van der Waals surface area contributed by atoms with Crippen LogP contribution in [0.2, 0.25) is 0 Å². The highest BCUT2D eigenvalue weighted by Gasteiger charge is 2.17. The molecule has 0 radical (unpaired) electrons. The van der Waals surface area contributed by atoms with Crippen molar-refractivity contribution in [2.45, 2.75) is 26.3 Å². The van der Waals surface area contributed by atoms with E-state index >= 15 is 0 Å². The molecule has 0 bridgehead atoms. The predicted molar refractivity (Wildman–Crippen MR) is 109 cm³/mol. The van der Waals surface area contributed by atoms with Gasteiger partial charge in [0.05, 0.1) is 22.4 Å². The molecule has 4 rings (SSSR count). The Morgan fingerprint density at radius 1 is 0.962 bits per heavy atom. The third-order valence-corrected chi connectivity index (χ3v) is 5.50. The van der Waals surface area contributed by atoms with Gasteiger partial charge in [-0.3, -0.25) is 4.57 Å². The summed E-state index contributed by atoms with van der Waals surface area (Å²) < 4.78 is 1.85. The van der Waals surface area contributed by atoms with Crippen molar-refractivity contribution in [2.24, 2.45) is 0 Å². The Morgan fingerprint density at radius 3 is 2.46 bits per heavy atom. The lowest BCUT2D eigenvalue weighted by Crippen LogP contribution is -2.36. The molecular formula is C21H26N4O. The van der Waals surface area contributed by atoms with Gasteiger partial charge in [-0.15, -0.1) is 0 Å². The number of aromatic nitrogens is 2. The third kappa shape index (κ3) is 2.87. The summed E-state index contributed by atoms with van der Waals surface area (Å²) in [5.41, 5.74) is 6.95. The number of imidazole rings is 1. The highest BCUT2D eigenvalue weighted by atomic mass is 16.1. The second-order valence-electron chi connectivity index (χ2n) is 7.20. The van der Waals surface area contributed by atoms with E-state index in [2.05, 4.69) is 72.2 Å². The minimum Gasteiger partial charge on any atom is -0.371 e. The molecule has 3 aromatic rings. The zero-order chi connectivity index (χ0) is 18.3. The summed E-state index contributed by atoms with van der Waals surface area (Å²) in [6.45, 7) is 4.89. The van der Waals surface area contributed by atoms with Gasteiger partial charge < -0.3 is 14.8 Å². The van der Waals surface area contributed by atoms with E-state index in [1.807, 2.05) is 4.57 Å². The normalized spacial score (nSPS) is 14.1. The molecule has 1 aliphatic heterocycles. The van der Waals surface area contributed by atoms with Gasteiger partial charge in [-0.2, -0.15) is 0 Å². The number of aromatic amines is 1. The first-order valence-corrected chi connectivity index (χ1v) is 9.33. The minimum absolute atomic E-state index is 0.0249. The van der Waals surface area contributed by atoms with E-state index in [0.29, 0.717) is 6.54 Å². The van der Waals surface area contributed by atoms with Gasteiger partial charge in [0, 0.05) is 33.7 Å². The van der Waals surface area contributed by atoms with Gasteiger partial charge in [0.25, 0.3) is 0 Å². The molecule has 0 spiro atoms. The Morgan fingerprint density at radius 2 is 1.69 bits per heavy atom. The van der Waals surface area contributed by atoms with Crippen LogP contribution in [0.15, 0.2) is 41.2 Å². The van der Waals surface area contributed by atoms with Crippen molar-refractivity contribution in [1.82, 2.24) is 9.55 Å². The predicted octanol–water partition coefficient (Wildman–Crippen LogP) is 3.02. The van der Waals surface area contributed by atoms with Gasteiger partial charge in [0.15, 0.2) is 0 Å². The Bertz CT molecular complexity index is 1000. The molecule has 5 nitrogen and oxygen atoms in total. The van der Waals surface area contributed by atoms with Crippen LogP contribution >= 0.6 is 0 Å². The van der Waals surface area contributed by atoms with Gasteiger partial charge in [0.1, 0.15) is 0 Å². The first kappa shape index (κ1) is 16.8. The van der Waals surface area contributed by atoms with E-state index in [0.717, 1.165) is 37.0 Å². The number of anilines is 2. The second kappa shape index (κ2) is 6.56. The summed E-state index contributed by atoms with van der Waals surface area (Å²) in [6, 6.07) is 12.9. The summed E-state index contributed by atoms with van der Waals surface area (Å²) in [5, 5.41) is 0. The van der Waals surface area contributed by atoms with E-state index in [4.69, 9.17) is 0 Å². The van der Waals surface area contributed by atoms with Crippen molar-refractivity contribution in [2.75, 3.05) is 37.0 Å². The molecular weight excluding hydrogens is 324 g/mol. The highest BCUT2D eigenvalue weighted by molar-refractivity contribution is 5.76. The standard InChI is InChI=1S/C21H26N4O/c1-4-15-5-7-18-17(13-15)22-21(26)25(18)10-9-16-6-8-19-20(14-16)24(3)12-11-23(19)2/h5-8,13-14H,4,9-12H2,1-3H3,(H,22,26). The number of H-pyrrole nitrogens is 1. The molecule has 0 fully saturated rings. The first-order chi connectivity index (χ1) is 12.6. The summed E-state index contributed by atoms with van der Waals surface area (Å²) in [5.74, 6) is 0. The van der Waals surface area contributed by atoms with Crippen LogP contribution in [0.25, 0.3) is 11.0 Å². The largest absolute Gasteiger partial charge is 0.371 e. The third-order valence-electron chi connectivity index (χ3n) is 5.50. The van der Waals surface area contributed by atoms with E-state index < -0.39 is 0 Å². The fourth-order valence-corrected chi connectivity index (χ4v) is 3.79. The van der Waals surface area contributed by atoms with E-state index in [1.165, 1.54) is 22.5 Å². The average Bonchev–Trinajstić information content (AvgIpc) is 2.97. The summed E-state index contributed by atoms with van der Waals surface area (Å²) in [7, 11) is 4.28. The molecule has 5 heteroatoms. The summed E-state index contributed by atoms with van der Waals surface area (Å²) in [6.07, 6.45) is 1.81. The maximum absolute atomic E-state index is 12.4. The lowest BCUT2D eigenvalue weighted by molar-refractivity contribution is 0.690. The molecule has 0 saturated heterocycles. The average molecular weight is 350 g/mol. The van der Waals surface area contributed by atoms with Gasteiger partial charge in [0.2, 0.25) is 0 Å². The second-order valence-corrected chi connectivity index (χ2v) is 7.20. The Kier molecular flexibility index (Phi) is 4.23. The molecule has 136 valence electrons. The zero-order valence-corrected chi connectivity index (χ0v) is 15.7. The summed E-state index contributed by atoms with van der Waals surface area (Å²) >= 11 is 0. The summed E-state index contributed by atoms with van der Waals surface area (Å²) in [4.78, 5) is 20.0. The molecule has 1 aromatic heterocycles. The molecule has 2 heterocycles. The molecule has 0 amide bonds. The van der Waals surface area contributed by atoms with Crippen molar-refractivity contribution in [3.63, 3.8) is 0 Å². The maximum Gasteiger partial charge on any atom is 0.326 e. The van der Waals surface area contributed by atoms with Crippen LogP contribution in [0.3, 0.4) is 0 Å². The highest BCUT2D eigenvalue weighted by Crippen LogP contribution is 2.32. The SMILES string of the molecule is CCc1ccc2c(c1)[nH]c(=O)n2CCc1ccc2c(c1)N(C)CCN2C. The Labute approximate surface area is 153 Å². The lowest BCUT2D eigenvalue weighted by Gasteiger charge is -2.35. The van der Waals surface area contributed by atoms with E-state index in [-0.39, 0.29) is 5.69 Å². The molecule has 1 aliphatic rings. The number of fused-ring (bicyclic) bond motifs is 2. The van der Waals surface area contributed by atoms with Crippen molar-refractivity contribution in [3.8, 4) is 0 Å². The number of hydrogen-bond donors (Lipinski definition) is 1. The van der Waals surface area contributed by atoms with Crippen LogP contribution in [0.4, 0.5) is 11.4 Å². The molecule has 0 unspecified atom stereocenters. The molecule has 0 atom stereocenters. The van der Waals surface area contributed by atoms with Crippen LogP contribution in [0, 0.1) is 0 Å². The molecule has 0 saturated carbocycles. The lowest BCUT2D eigenvalue weighted by atomic mass is 10.1. The van der Waals surface area contributed by atoms with Gasteiger partial charge in [-0.05, 0) is 48.2 Å². The van der Waals surface area contributed by atoms with Crippen LogP contribution in [0.5, 0.6) is 0 Å². The maximum atomic E-state index is 12.4. The van der Waals surface area contributed by atoms with Crippen molar-refractivity contribution >= 4 is 22.4 Å². The smallest absolute Gasteiger partial charge is 0.326 e. The number of aryl methyl sites for hydroxylation is 3. The molecule has 1 N–H and O–H groups in total. The van der Waals surface area contributed by atoms with Gasteiger partial charge >= 0.3 is 5.69 Å². The van der Waals surface area contributed by atoms with Gasteiger partial charge in [-0.25, -0.2) is 4.79 Å². The van der Waals surface area contributed by atoms with Crippen LogP contribution in [-0.2, 0) is 19.4 Å². The molecule has 2 aromatic carbocycles. The number of nitrogens with zero attached hydrogens (tertiary/aromatic N) is 3. The van der Waals surface area contributed by atoms with Crippen molar-refractivity contribution < 1.29 is 0 Å².